The number of hydrogen-bond acceptors (Lipinski definition) is 3. The summed E-state index contributed by atoms with van der Waals surface area (Å²) in [4.78, 5) is 19.3. The van der Waals surface area contributed by atoms with Crippen molar-refractivity contribution in [3.05, 3.63) is 64.7 Å². The van der Waals surface area contributed by atoms with Gasteiger partial charge in [0.05, 0.1) is 6.21 Å². The average molecular weight is 329 g/mol. The van der Waals surface area contributed by atoms with Crippen molar-refractivity contribution >= 4 is 29.4 Å². The molecule has 1 amide bonds. The fourth-order valence-corrected chi connectivity index (χ4v) is 2.88. The molecule has 4 nitrogen and oxygen atoms in total. The molecular weight excluding hydrogens is 312 g/mol. The van der Waals surface area contributed by atoms with Crippen molar-refractivity contribution in [2.24, 2.45) is 5.16 Å². The number of carbonyl (C=O) groups excluding carboxylic acids is 1. The number of nitrogens with zero attached hydrogens (tertiary/aromatic N) is 2. The quantitative estimate of drug-likeness (QED) is 0.635. The van der Waals surface area contributed by atoms with Crippen LogP contribution in [0, 0.1) is 0 Å². The minimum atomic E-state index is -0.0873. The largest absolute Gasteiger partial charge is 0.386 e. The predicted molar refractivity (Wildman–Crippen MR) is 92.1 cm³/mol. The number of benzene rings is 2. The molecular formula is C18H17ClN2O2. The van der Waals surface area contributed by atoms with Crippen molar-refractivity contribution in [1.82, 2.24) is 0 Å². The second-order valence-corrected chi connectivity index (χ2v) is 5.94. The standard InChI is InChI=1S/C18H17ClN2O2/c1-13-10-15-4-2-3-5-17(15)21(13)18(22)12-23-20-11-14-6-8-16(19)9-7-14/h2-9,11,13H,10,12H2,1H3/b20-11-/t13-/m1/s1. The van der Waals surface area contributed by atoms with Crippen LogP contribution in [0.2, 0.25) is 5.02 Å². The van der Waals surface area contributed by atoms with Gasteiger partial charge in [0.1, 0.15) is 0 Å². The van der Waals surface area contributed by atoms with Gasteiger partial charge in [0.25, 0.3) is 5.91 Å². The van der Waals surface area contributed by atoms with Gasteiger partial charge in [0.15, 0.2) is 6.61 Å². The summed E-state index contributed by atoms with van der Waals surface area (Å²) < 4.78 is 0. The Balaban J connectivity index is 1.58. The van der Waals surface area contributed by atoms with Crippen LogP contribution in [0.5, 0.6) is 0 Å². The maximum Gasteiger partial charge on any atom is 0.268 e. The Morgan fingerprint density at radius 2 is 2.04 bits per heavy atom. The van der Waals surface area contributed by atoms with E-state index in [0.29, 0.717) is 5.02 Å². The number of para-hydroxylation sites is 1. The molecule has 0 N–H and O–H groups in total. The number of carbonyl (C=O) groups is 1. The molecule has 118 valence electrons. The summed E-state index contributed by atoms with van der Waals surface area (Å²) in [6.07, 6.45) is 2.43. The van der Waals surface area contributed by atoms with E-state index in [1.54, 1.807) is 23.2 Å². The van der Waals surface area contributed by atoms with E-state index < -0.39 is 0 Å². The lowest BCUT2D eigenvalue weighted by molar-refractivity contribution is -0.123. The van der Waals surface area contributed by atoms with Gasteiger partial charge in [-0.25, -0.2) is 0 Å². The molecule has 1 aliphatic heterocycles. The molecule has 3 rings (SSSR count). The first-order valence-corrected chi connectivity index (χ1v) is 7.84. The van der Waals surface area contributed by atoms with E-state index in [9.17, 15) is 4.79 Å². The topological polar surface area (TPSA) is 41.9 Å². The first kappa shape index (κ1) is 15.6. The van der Waals surface area contributed by atoms with Crippen LogP contribution in [0.4, 0.5) is 5.69 Å². The van der Waals surface area contributed by atoms with Crippen LogP contribution in [-0.4, -0.2) is 24.8 Å². The van der Waals surface area contributed by atoms with Crippen LogP contribution in [0.3, 0.4) is 0 Å². The van der Waals surface area contributed by atoms with E-state index in [2.05, 4.69) is 11.2 Å². The third kappa shape index (κ3) is 3.54. The second-order valence-electron chi connectivity index (χ2n) is 5.51. The van der Waals surface area contributed by atoms with Gasteiger partial charge in [-0.3, -0.25) is 4.79 Å². The summed E-state index contributed by atoms with van der Waals surface area (Å²) in [5.74, 6) is -0.0873. The highest BCUT2D eigenvalue weighted by molar-refractivity contribution is 6.30. The molecule has 2 aromatic carbocycles. The Hall–Kier alpha value is -2.33. The van der Waals surface area contributed by atoms with Crippen LogP contribution in [-0.2, 0) is 16.1 Å². The Labute approximate surface area is 140 Å². The molecule has 0 saturated carbocycles. The number of rotatable bonds is 4. The van der Waals surface area contributed by atoms with Crippen LogP contribution < -0.4 is 4.90 Å². The number of halogens is 1. The first-order chi connectivity index (χ1) is 11.1. The normalized spacial score (nSPS) is 16.6. The average Bonchev–Trinajstić information content (AvgIpc) is 2.89. The van der Waals surface area contributed by atoms with Crippen LogP contribution in [0.15, 0.2) is 53.7 Å². The van der Waals surface area contributed by atoms with Gasteiger partial charge in [-0.2, -0.15) is 0 Å². The maximum atomic E-state index is 12.4. The van der Waals surface area contributed by atoms with Gasteiger partial charge in [-0.05, 0) is 42.7 Å². The maximum absolute atomic E-state index is 12.4. The molecule has 2 aromatic rings. The van der Waals surface area contributed by atoms with Crippen LogP contribution >= 0.6 is 11.6 Å². The summed E-state index contributed by atoms with van der Waals surface area (Å²) in [5, 5.41) is 4.51. The summed E-state index contributed by atoms with van der Waals surface area (Å²) >= 11 is 5.82. The summed E-state index contributed by atoms with van der Waals surface area (Å²) in [6.45, 7) is 1.96. The Morgan fingerprint density at radius 3 is 2.83 bits per heavy atom. The fraction of sp³-hybridized carbons (Fsp3) is 0.222. The molecule has 0 unspecified atom stereocenters. The van der Waals surface area contributed by atoms with E-state index in [1.165, 1.54) is 5.56 Å². The van der Waals surface area contributed by atoms with Gasteiger partial charge in [-0.15, -0.1) is 0 Å². The second kappa shape index (κ2) is 6.84. The molecule has 0 aliphatic carbocycles. The van der Waals surface area contributed by atoms with Gasteiger partial charge in [-0.1, -0.05) is 47.1 Å². The van der Waals surface area contributed by atoms with Gasteiger partial charge in [0, 0.05) is 16.8 Å². The van der Waals surface area contributed by atoms with E-state index in [4.69, 9.17) is 16.4 Å². The summed E-state index contributed by atoms with van der Waals surface area (Å²) in [5.41, 5.74) is 3.02. The Bertz CT molecular complexity index is 728. The Morgan fingerprint density at radius 1 is 1.30 bits per heavy atom. The van der Waals surface area contributed by atoms with Crippen LogP contribution in [0.25, 0.3) is 0 Å². The molecule has 0 spiro atoms. The van der Waals surface area contributed by atoms with Crippen molar-refractivity contribution in [1.29, 1.82) is 0 Å². The minimum Gasteiger partial charge on any atom is -0.386 e. The molecule has 0 saturated heterocycles. The molecule has 23 heavy (non-hydrogen) atoms. The Kier molecular flexibility index (Phi) is 4.63. The zero-order valence-electron chi connectivity index (χ0n) is 12.8. The van der Waals surface area contributed by atoms with E-state index >= 15 is 0 Å². The number of hydrogen-bond donors (Lipinski definition) is 0. The van der Waals surface area contributed by atoms with Crippen molar-refractivity contribution in [2.75, 3.05) is 11.5 Å². The third-order valence-electron chi connectivity index (χ3n) is 3.81. The molecule has 0 bridgehead atoms. The van der Waals surface area contributed by atoms with Gasteiger partial charge < -0.3 is 9.74 Å². The SMILES string of the molecule is C[C@@H]1Cc2ccccc2N1C(=O)CO/N=C\c1ccc(Cl)cc1. The highest BCUT2D eigenvalue weighted by atomic mass is 35.5. The minimum absolute atomic E-state index is 0.0806. The first-order valence-electron chi connectivity index (χ1n) is 7.46. The molecule has 1 atom stereocenters. The number of fused-ring (bicyclic) bond motifs is 1. The van der Waals surface area contributed by atoms with Crippen LogP contribution in [0.1, 0.15) is 18.1 Å². The molecule has 1 aliphatic rings. The van der Waals surface area contributed by atoms with E-state index in [0.717, 1.165) is 17.7 Å². The number of anilines is 1. The smallest absolute Gasteiger partial charge is 0.268 e. The van der Waals surface area contributed by atoms with E-state index in [1.807, 2.05) is 37.3 Å². The highest BCUT2D eigenvalue weighted by Crippen LogP contribution is 2.31. The van der Waals surface area contributed by atoms with Crippen molar-refractivity contribution in [3.8, 4) is 0 Å². The molecule has 0 radical (unpaired) electrons. The molecule has 0 aromatic heterocycles. The number of amides is 1. The molecule has 5 heteroatoms. The van der Waals surface area contributed by atoms with Crippen molar-refractivity contribution < 1.29 is 9.63 Å². The summed E-state index contributed by atoms with van der Waals surface area (Å²) in [7, 11) is 0. The highest BCUT2D eigenvalue weighted by Gasteiger charge is 2.30. The van der Waals surface area contributed by atoms with Gasteiger partial charge in [0.2, 0.25) is 0 Å². The monoisotopic (exact) mass is 328 g/mol. The number of oxime groups is 1. The lowest BCUT2D eigenvalue weighted by Gasteiger charge is -2.21. The van der Waals surface area contributed by atoms with Crippen molar-refractivity contribution in [2.45, 2.75) is 19.4 Å². The van der Waals surface area contributed by atoms with Gasteiger partial charge >= 0.3 is 0 Å². The fourth-order valence-electron chi connectivity index (χ4n) is 2.75. The molecule has 1 heterocycles. The third-order valence-corrected chi connectivity index (χ3v) is 4.06. The molecule has 0 fully saturated rings. The van der Waals surface area contributed by atoms with E-state index in [-0.39, 0.29) is 18.6 Å². The lowest BCUT2D eigenvalue weighted by Crippen LogP contribution is -2.37. The predicted octanol–water partition coefficient (Wildman–Crippen LogP) is 3.67. The van der Waals surface area contributed by atoms with Crippen molar-refractivity contribution in [3.63, 3.8) is 0 Å². The summed E-state index contributed by atoms with van der Waals surface area (Å²) in [6, 6.07) is 15.3. The zero-order valence-corrected chi connectivity index (χ0v) is 13.5. The zero-order chi connectivity index (χ0) is 16.2. The lowest BCUT2D eigenvalue weighted by atomic mass is 10.1.